The molecule has 0 aliphatic rings. The maximum atomic E-state index is 12.2. The smallest absolute Gasteiger partial charge is 0.159 e. The van der Waals surface area contributed by atoms with Crippen LogP contribution in [0.1, 0.15) is 22.4 Å². The Morgan fingerprint density at radius 2 is 1.41 bits per heavy atom. The summed E-state index contributed by atoms with van der Waals surface area (Å²) in [6, 6.07) is 23.7. The monoisotopic (exact) mass is 388 g/mol. The topological polar surface area (TPSA) is 36.7 Å². The lowest BCUT2D eigenvalue weighted by molar-refractivity contribution is 0.508. The molecule has 0 fully saturated rings. The number of pyridine rings is 1. The standard InChI is InChI=1S/C10H9N.C8H7N.C7H6F2/c1-8-10-5-3-2-4-9(10)6-7-11-8;1-7-2-4-8(6-9)5-3-7;1-5-2-3-6(8)7(9)4-5/h2-7H,1H3;2-5H,1H3;2-4H,1H3. The molecule has 3 aromatic carbocycles. The molecule has 2 nitrogen and oxygen atoms in total. The van der Waals surface area contributed by atoms with E-state index in [9.17, 15) is 8.78 Å². The molecule has 0 bridgehead atoms. The van der Waals surface area contributed by atoms with Gasteiger partial charge in [-0.1, -0.05) is 48.0 Å². The number of hydrogen-bond donors (Lipinski definition) is 0. The van der Waals surface area contributed by atoms with Crippen LogP contribution < -0.4 is 0 Å². The van der Waals surface area contributed by atoms with Gasteiger partial charge < -0.3 is 0 Å². The van der Waals surface area contributed by atoms with E-state index in [1.54, 1.807) is 6.92 Å². The van der Waals surface area contributed by atoms with Crippen LogP contribution in [0, 0.1) is 43.7 Å². The number of rotatable bonds is 0. The molecule has 0 saturated carbocycles. The minimum Gasteiger partial charge on any atom is -0.261 e. The Hall–Kier alpha value is -3.58. The second-order valence-corrected chi connectivity index (χ2v) is 6.51. The first-order valence-corrected chi connectivity index (χ1v) is 9.09. The molecule has 4 aromatic rings. The van der Waals surface area contributed by atoms with Gasteiger partial charge in [0.2, 0.25) is 0 Å². The Labute approximate surface area is 170 Å². The Morgan fingerprint density at radius 3 is 2.00 bits per heavy atom. The zero-order chi connectivity index (χ0) is 21.2. The van der Waals surface area contributed by atoms with Gasteiger partial charge in [-0.05, 0) is 62.1 Å². The summed E-state index contributed by atoms with van der Waals surface area (Å²) >= 11 is 0. The molecule has 4 rings (SSSR count). The third-order valence-corrected chi connectivity index (χ3v) is 4.13. The van der Waals surface area contributed by atoms with Gasteiger partial charge in [0.05, 0.1) is 11.6 Å². The number of nitriles is 1. The average Bonchev–Trinajstić information content (AvgIpc) is 2.73. The van der Waals surface area contributed by atoms with E-state index in [2.05, 4.69) is 23.2 Å². The summed E-state index contributed by atoms with van der Waals surface area (Å²) in [6.45, 7) is 5.74. The first kappa shape index (κ1) is 21.7. The lowest BCUT2D eigenvalue weighted by Crippen LogP contribution is -1.82. The molecule has 0 spiro atoms. The molecule has 0 aliphatic heterocycles. The van der Waals surface area contributed by atoms with Gasteiger partial charge in [-0.25, -0.2) is 8.78 Å². The van der Waals surface area contributed by atoms with Gasteiger partial charge >= 0.3 is 0 Å². The molecule has 1 heterocycles. The molecule has 0 aliphatic carbocycles. The van der Waals surface area contributed by atoms with Crippen molar-refractivity contribution in [1.29, 1.82) is 5.26 Å². The highest BCUT2D eigenvalue weighted by atomic mass is 19.2. The molecular weight excluding hydrogens is 366 g/mol. The normalized spacial score (nSPS) is 9.52. The highest BCUT2D eigenvalue weighted by Gasteiger charge is 1.97. The van der Waals surface area contributed by atoms with E-state index in [1.165, 1.54) is 22.4 Å². The molecule has 1 aromatic heterocycles. The van der Waals surface area contributed by atoms with Crippen LogP contribution in [0.15, 0.2) is 79.0 Å². The third kappa shape index (κ3) is 6.82. The van der Waals surface area contributed by atoms with Crippen molar-refractivity contribution in [3.05, 3.63) is 113 Å². The first-order valence-electron chi connectivity index (χ1n) is 9.09. The van der Waals surface area contributed by atoms with E-state index in [1.807, 2.05) is 62.5 Å². The van der Waals surface area contributed by atoms with E-state index in [0.717, 1.165) is 29.0 Å². The van der Waals surface area contributed by atoms with Crippen LogP contribution in [-0.4, -0.2) is 4.98 Å². The predicted octanol–water partition coefficient (Wildman–Crippen LogP) is 6.68. The molecule has 146 valence electrons. The van der Waals surface area contributed by atoms with Crippen molar-refractivity contribution in [2.24, 2.45) is 0 Å². The number of fused-ring (bicyclic) bond motifs is 1. The van der Waals surface area contributed by atoms with E-state index in [4.69, 9.17) is 5.26 Å². The molecule has 0 atom stereocenters. The summed E-state index contributed by atoms with van der Waals surface area (Å²) in [6.07, 6.45) is 1.84. The fourth-order valence-corrected chi connectivity index (χ4v) is 2.50. The van der Waals surface area contributed by atoms with Crippen molar-refractivity contribution < 1.29 is 8.78 Å². The molecule has 0 N–H and O–H groups in total. The van der Waals surface area contributed by atoms with Crippen LogP contribution >= 0.6 is 0 Å². The zero-order valence-electron chi connectivity index (χ0n) is 16.7. The summed E-state index contributed by atoms with van der Waals surface area (Å²) in [5.74, 6) is -1.57. The van der Waals surface area contributed by atoms with E-state index < -0.39 is 11.6 Å². The number of hydrogen-bond acceptors (Lipinski definition) is 2. The third-order valence-electron chi connectivity index (χ3n) is 4.13. The number of benzene rings is 3. The van der Waals surface area contributed by atoms with Crippen LogP contribution in [0.4, 0.5) is 8.78 Å². The maximum absolute atomic E-state index is 12.2. The van der Waals surface area contributed by atoms with Crippen molar-refractivity contribution in [2.75, 3.05) is 0 Å². The summed E-state index contributed by atoms with van der Waals surface area (Å²) in [5, 5.41) is 10.9. The quantitative estimate of drug-likeness (QED) is 0.337. The summed E-state index contributed by atoms with van der Waals surface area (Å²) in [7, 11) is 0. The minimum absolute atomic E-state index is 0.723. The molecular formula is C25H22F2N2. The maximum Gasteiger partial charge on any atom is 0.159 e. The van der Waals surface area contributed by atoms with Crippen molar-refractivity contribution in [1.82, 2.24) is 4.98 Å². The first-order chi connectivity index (χ1) is 13.9. The van der Waals surface area contributed by atoms with Crippen LogP contribution in [0.5, 0.6) is 0 Å². The number of aryl methyl sites for hydroxylation is 3. The Bertz CT molecular complexity index is 1110. The lowest BCUT2D eigenvalue weighted by atomic mass is 10.1. The van der Waals surface area contributed by atoms with Crippen molar-refractivity contribution >= 4 is 10.8 Å². The SMILES string of the molecule is Cc1ccc(C#N)cc1.Cc1ccc(F)c(F)c1.Cc1nccc2ccccc12. The minimum atomic E-state index is -0.791. The van der Waals surface area contributed by atoms with Crippen LogP contribution in [0.3, 0.4) is 0 Å². The van der Waals surface area contributed by atoms with Gasteiger partial charge in [0, 0.05) is 17.3 Å². The van der Waals surface area contributed by atoms with Crippen LogP contribution in [0.25, 0.3) is 10.8 Å². The van der Waals surface area contributed by atoms with Crippen molar-refractivity contribution in [2.45, 2.75) is 20.8 Å². The Kier molecular flexibility index (Phi) is 8.00. The van der Waals surface area contributed by atoms with Gasteiger partial charge in [0.25, 0.3) is 0 Å². The summed E-state index contributed by atoms with van der Waals surface area (Å²) < 4.78 is 24.3. The fourth-order valence-electron chi connectivity index (χ4n) is 2.50. The predicted molar refractivity (Wildman–Crippen MR) is 113 cm³/mol. The number of aromatic nitrogens is 1. The Balaban J connectivity index is 0.000000157. The van der Waals surface area contributed by atoms with E-state index in [0.29, 0.717) is 0 Å². The van der Waals surface area contributed by atoms with Crippen LogP contribution in [-0.2, 0) is 0 Å². The average molecular weight is 388 g/mol. The highest BCUT2D eigenvalue weighted by Crippen LogP contribution is 2.14. The summed E-state index contributed by atoms with van der Waals surface area (Å²) in [5.41, 5.74) is 3.74. The molecule has 0 saturated heterocycles. The fraction of sp³-hybridized carbons (Fsp3) is 0.120. The zero-order valence-corrected chi connectivity index (χ0v) is 16.7. The summed E-state index contributed by atoms with van der Waals surface area (Å²) in [4.78, 5) is 4.21. The largest absolute Gasteiger partial charge is 0.261 e. The van der Waals surface area contributed by atoms with Gasteiger partial charge in [0.1, 0.15) is 0 Å². The van der Waals surface area contributed by atoms with Crippen molar-refractivity contribution in [3.63, 3.8) is 0 Å². The van der Waals surface area contributed by atoms with Gasteiger partial charge in [0.15, 0.2) is 11.6 Å². The number of halogens is 2. The van der Waals surface area contributed by atoms with Crippen LogP contribution in [0.2, 0.25) is 0 Å². The molecule has 29 heavy (non-hydrogen) atoms. The Morgan fingerprint density at radius 1 is 0.759 bits per heavy atom. The van der Waals surface area contributed by atoms with Gasteiger partial charge in [-0.2, -0.15) is 5.26 Å². The van der Waals surface area contributed by atoms with Gasteiger partial charge in [-0.3, -0.25) is 4.98 Å². The molecule has 4 heteroatoms. The lowest BCUT2D eigenvalue weighted by Gasteiger charge is -1.97. The molecule has 0 radical (unpaired) electrons. The van der Waals surface area contributed by atoms with E-state index in [-0.39, 0.29) is 0 Å². The second-order valence-electron chi connectivity index (χ2n) is 6.51. The second kappa shape index (κ2) is 10.7. The number of nitrogens with zero attached hydrogens (tertiary/aromatic N) is 2. The highest BCUT2D eigenvalue weighted by molar-refractivity contribution is 5.83. The van der Waals surface area contributed by atoms with Crippen molar-refractivity contribution in [3.8, 4) is 6.07 Å². The molecule has 0 amide bonds. The molecule has 0 unspecified atom stereocenters. The van der Waals surface area contributed by atoms with Gasteiger partial charge in [-0.15, -0.1) is 0 Å². The van der Waals surface area contributed by atoms with E-state index >= 15 is 0 Å².